The van der Waals surface area contributed by atoms with Crippen molar-refractivity contribution in [2.24, 2.45) is 0 Å². The molecule has 1 aromatic carbocycles. The van der Waals surface area contributed by atoms with E-state index in [1.165, 1.54) is 29.3 Å². The minimum Gasteiger partial charge on any atom is -0.382 e. The fourth-order valence-electron chi connectivity index (χ4n) is 2.61. The van der Waals surface area contributed by atoms with Crippen LogP contribution in [-0.4, -0.2) is 19.9 Å². The van der Waals surface area contributed by atoms with Gasteiger partial charge in [-0.15, -0.1) is 11.3 Å². The molecular weight excluding hydrogens is 416 g/mol. The molecule has 3 aromatic heterocycles. The van der Waals surface area contributed by atoms with Gasteiger partial charge in [0.05, 0.1) is 17.3 Å². The van der Waals surface area contributed by atoms with Gasteiger partial charge in [-0.05, 0) is 6.07 Å². The third-order valence-corrected chi connectivity index (χ3v) is 5.99. The molecule has 0 amide bonds. The molecule has 0 spiro atoms. The Labute approximate surface area is 172 Å². The Morgan fingerprint density at radius 3 is 2.86 bits per heavy atom. The highest BCUT2D eigenvalue weighted by Gasteiger charge is 2.15. The average Bonchev–Trinajstić information content (AvgIpc) is 3.11. The highest BCUT2D eigenvalue weighted by Crippen LogP contribution is 2.35. The van der Waals surface area contributed by atoms with Crippen LogP contribution in [0.5, 0.6) is 0 Å². The van der Waals surface area contributed by atoms with E-state index in [4.69, 9.17) is 22.6 Å². The number of nitrogens with two attached hydrogens (primary N) is 1. The molecule has 3 heterocycles. The standard InChI is InChI=1S/C18H11ClN6OS2/c19-12-4-2-1-3-10(12)11-7-27-17-14(11)16(26)23-13(24-17)8-28-18-22-6-9(5-20)15(21)25-18/h1-4,6-7H,8H2,(H2,21,22,25)(H,23,24,26). The summed E-state index contributed by atoms with van der Waals surface area (Å²) in [5.41, 5.74) is 7.26. The Kier molecular flexibility index (Phi) is 5.00. The third-order valence-electron chi connectivity index (χ3n) is 3.91. The number of nitrogen functional groups attached to an aromatic ring is 1. The molecule has 0 radical (unpaired) electrons. The summed E-state index contributed by atoms with van der Waals surface area (Å²) in [7, 11) is 0. The first-order chi connectivity index (χ1) is 13.6. The lowest BCUT2D eigenvalue weighted by atomic mass is 10.1. The van der Waals surface area contributed by atoms with Crippen molar-refractivity contribution >= 4 is 50.7 Å². The molecule has 0 unspecified atom stereocenters. The fourth-order valence-corrected chi connectivity index (χ4v) is 4.49. The van der Waals surface area contributed by atoms with Gasteiger partial charge in [-0.2, -0.15) is 5.26 Å². The minimum atomic E-state index is -0.225. The van der Waals surface area contributed by atoms with E-state index >= 15 is 0 Å². The summed E-state index contributed by atoms with van der Waals surface area (Å²) in [5, 5.41) is 12.3. The number of hydrogen-bond acceptors (Lipinski definition) is 8. The molecule has 4 aromatic rings. The van der Waals surface area contributed by atoms with Crippen molar-refractivity contribution in [3.63, 3.8) is 0 Å². The van der Waals surface area contributed by atoms with E-state index in [2.05, 4.69) is 19.9 Å². The number of nitriles is 1. The number of benzene rings is 1. The molecule has 10 heteroatoms. The number of halogens is 1. The minimum absolute atomic E-state index is 0.125. The molecule has 28 heavy (non-hydrogen) atoms. The van der Waals surface area contributed by atoms with Crippen molar-refractivity contribution < 1.29 is 0 Å². The Morgan fingerprint density at radius 2 is 2.11 bits per heavy atom. The van der Waals surface area contributed by atoms with Crippen LogP contribution in [0.1, 0.15) is 11.4 Å². The molecule has 0 fully saturated rings. The van der Waals surface area contributed by atoms with E-state index in [0.29, 0.717) is 32.0 Å². The number of hydrogen-bond donors (Lipinski definition) is 2. The zero-order chi connectivity index (χ0) is 19.7. The maximum atomic E-state index is 12.7. The van der Waals surface area contributed by atoms with Crippen molar-refractivity contribution in [2.45, 2.75) is 10.9 Å². The van der Waals surface area contributed by atoms with E-state index in [1.807, 2.05) is 29.6 Å². The Balaban J connectivity index is 1.64. The lowest BCUT2D eigenvalue weighted by molar-refractivity contribution is 0.961. The van der Waals surface area contributed by atoms with Crippen molar-refractivity contribution in [3.05, 3.63) is 62.6 Å². The third kappa shape index (κ3) is 3.45. The molecule has 4 rings (SSSR count). The quantitative estimate of drug-likeness (QED) is 0.375. The van der Waals surface area contributed by atoms with Gasteiger partial charge in [0.1, 0.15) is 28.1 Å². The predicted octanol–water partition coefficient (Wildman–Crippen LogP) is 3.84. The summed E-state index contributed by atoms with van der Waals surface area (Å²) in [6, 6.07) is 9.30. The van der Waals surface area contributed by atoms with E-state index in [-0.39, 0.29) is 16.9 Å². The van der Waals surface area contributed by atoms with Gasteiger partial charge in [-0.3, -0.25) is 4.79 Å². The summed E-state index contributed by atoms with van der Waals surface area (Å²) < 4.78 is 0. The number of fused-ring (bicyclic) bond motifs is 1. The molecule has 3 N–H and O–H groups in total. The molecule has 138 valence electrons. The van der Waals surface area contributed by atoms with Crippen LogP contribution in [0.2, 0.25) is 5.02 Å². The lowest BCUT2D eigenvalue weighted by Gasteiger charge is -2.04. The van der Waals surface area contributed by atoms with Crippen LogP contribution in [0.3, 0.4) is 0 Å². The fraction of sp³-hybridized carbons (Fsp3) is 0.0556. The second-order valence-electron chi connectivity index (χ2n) is 5.67. The molecule has 0 saturated heterocycles. The van der Waals surface area contributed by atoms with Gasteiger partial charge in [0.2, 0.25) is 0 Å². The van der Waals surface area contributed by atoms with Crippen LogP contribution < -0.4 is 11.3 Å². The first-order valence-corrected chi connectivity index (χ1v) is 10.2. The average molecular weight is 427 g/mol. The van der Waals surface area contributed by atoms with Gasteiger partial charge >= 0.3 is 0 Å². The highest BCUT2D eigenvalue weighted by molar-refractivity contribution is 7.98. The number of thiophene rings is 1. The van der Waals surface area contributed by atoms with E-state index in [1.54, 1.807) is 6.07 Å². The van der Waals surface area contributed by atoms with E-state index in [9.17, 15) is 4.79 Å². The summed E-state index contributed by atoms with van der Waals surface area (Å²) in [4.78, 5) is 28.8. The van der Waals surface area contributed by atoms with Crippen molar-refractivity contribution in [2.75, 3.05) is 5.73 Å². The van der Waals surface area contributed by atoms with Crippen LogP contribution >= 0.6 is 34.7 Å². The molecule has 0 atom stereocenters. The monoisotopic (exact) mass is 426 g/mol. The van der Waals surface area contributed by atoms with Gasteiger partial charge in [-0.1, -0.05) is 41.6 Å². The number of rotatable bonds is 4. The van der Waals surface area contributed by atoms with E-state index in [0.717, 1.165) is 11.1 Å². The first-order valence-electron chi connectivity index (χ1n) is 7.97. The van der Waals surface area contributed by atoms with Gasteiger partial charge < -0.3 is 10.7 Å². The highest BCUT2D eigenvalue weighted by atomic mass is 35.5. The Bertz CT molecular complexity index is 1290. The second kappa shape index (κ2) is 7.59. The first kappa shape index (κ1) is 18.4. The lowest BCUT2D eigenvalue weighted by Crippen LogP contribution is -2.11. The maximum Gasteiger partial charge on any atom is 0.260 e. The zero-order valence-corrected chi connectivity index (χ0v) is 16.5. The van der Waals surface area contributed by atoms with Crippen molar-refractivity contribution in [1.29, 1.82) is 5.26 Å². The number of nitrogens with zero attached hydrogens (tertiary/aromatic N) is 4. The summed E-state index contributed by atoms with van der Waals surface area (Å²) in [6.45, 7) is 0. The Hall–Kier alpha value is -2.93. The smallest absolute Gasteiger partial charge is 0.260 e. The molecule has 7 nitrogen and oxygen atoms in total. The van der Waals surface area contributed by atoms with Crippen LogP contribution in [-0.2, 0) is 5.75 Å². The number of nitrogens with one attached hydrogen (secondary N) is 1. The summed E-state index contributed by atoms with van der Waals surface area (Å²) >= 11 is 8.93. The molecule has 0 saturated carbocycles. The normalized spacial score (nSPS) is 10.9. The number of H-pyrrole nitrogens is 1. The number of aromatic nitrogens is 4. The SMILES string of the molecule is N#Cc1cnc(SCc2nc3scc(-c4ccccc4Cl)c3c(=O)[nH]2)nc1N. The second-order valence-corrected chi connectivity index (χ2v) is 7.88. The van der Waals surface area contributed by atoms with Gasteiger partial charge in [0, 0.05) is 21.5 Å². The van der Waals surface area contributed by atoms with Crippen LogP contribution in [0, 0.1) is 11.3 Å². The predicted molar refractivity (Wildman–Crippen MR) is 111 cm³/mol. The molecule has 0 aliphatic heterocycles. The van der Waals surface area contributed by atoms with Crippen LogP contribution in [0.15, 0.2) is 45.8 Å². The van der Waals surface area contributed by atoms with Crippen molar-refractivity contribution in [3.8, 4) is 17.2 Å². The molecular formula is C18H11ClN6OS2. The van der Waals surface area contributed by atoms with E-state index < -0.39 is 0 Å². The van der Waals surface area contributed by atoms with Gasteiger partial charge in [0.15, 0.2) is 5.16 Å². The Morgan fingerprint density at radius 1 is 1.29 bits per heavy atom. The van der Waals surface area contributed by atoms with Crippen LogP contribution in [0.25, 0.3) is 21.3 Å². The molecule has 0 aliphatic carbocycles. The number of aromatic amines is 1. The van der Waals surface area contributed by atoms with Crippen LogP contribution in [0.4, 0.5) is 5.82 Å². The maximum absolute atomic E-state index is 12.7. The van der Waals surface area contributed by atoms with Crippen molar-refractivity contribution in [1.82, 2.24) is 19.9 Å². The largest absolute Gasteiger partial charge is 0.382 e. The molecule has 0 aliphatic rings. The number of anilines is 1. The van der Waals surface area contributed by atoms with Gasteiger partial charge in [-0.25, -0.2) is 15.0 Å². The topological polar surface area (TPSA) is 121 Å². The zero-order valence-electron chi connectivity index (χ0n) is 14.1. The van der Waals surface area contributed by atoms with Gasteiger partial charge in [0.25, 0.3) is 5.56 Å². The molecule has 0 bridgehead atoms. The summed E-state index contributed by atoms with van der Waals surface area (Å²) in [5.74, 6) is 0.983. The summed E-state index contributed by atoms with van der Waals surface area (Å²) in [6.07, 6.45) is 1.37. The number of thioether (sulfide) groups is 1.